The van der Waals surface area contributed by atoms with Crippen molar-refractivity contribution in [3.05, 3.63) is 69.8 Å². The van der Waals surface area contributed by atoms with Crippen LogP contribution in [0.1, 0.15) is 30.6 Å². The summed E-state index contributed by atoms with van der Waals surface area (Å²) in [4.78, 5) is 10.7. The summed E-state index contributed by atoms with van der Waals surface area (Å²) < 4.78 is 5.10. The van der Waals surface area contributed by atoms with E-state index in [0.717, 1.165) is 23.3 Å². The van der Waals surface area contributed by atoms with Gasteiger partial charge < -0.3 is 15.2 Å². The zero-order chi connectivity index (χ0) is 18.2. The summed E-state index contributed by atoms with van der Waals surface area (Å²) in [6.45, 7) is 2.43. The molecular weight excluding hydrogens is 320 g/mol. The lowest BCUT2D eigenvalue weighted by atomic mass is 10.0. The summed E-state index contributed by atoms with van der Waals surface area (Å²) in [5.74, 6) is 0.752. The van der Waals surface area contributed by atoms with Gasteiger partial charge in [-0.3, -0.25) is 10.1 Å². The quantitative estimate of drug-likeness (QED) is 0.539. The molecule has 6 nitrogen and oxygen atoms in total. The third-order valence-electron chi connectivity index (χ3n) is 4.20. The molecule has 0 bridgehead atoms. The summed E-state index contributed by atoms with van der Waals surface area (Å²) in [5.41, 5.74) is 1.71. The number of ether oxygens (including phenoxy) is 1. The molecule has 0 radical (unpaired) electrons. The highest BCUT2D eigenvalue weighted by Crippen LogP contribution is 2.20. The Labute approximate surface area is 147 Å². The first-order chi connectivity index (χ1) is 12.0. The normalized spacial score (nSPS) is 13.2. The number of nitro groups is 1. The fourth-order valence-electron chi connectivity index (χ4n) is 2.63. The van der Waals surface area contributed by atoms with Crippen LogP contribution in [0.2, 0.25) is 0 Å². The first-order valence-electron chi connectivity index (χ1n) is 8.29. The summed E-state index contributed by atoms with van der Waals surface area (Å²) >= 11 is 0. The van der Waals surface area contributed by atoms with Crippen molar-refractivity contribution in [1.29, 1.82) is 0 Å². The molecule has 0 aliphatic heterocycles. The van der Waals surface area contributed by atoms with E-state index in [0.29, 0.717) is 13.0 Å². The Balaban J connectivity index is 1.82. The van der Waals surface area contributed by atoms with Crippen LogP contribution in [0.4, 0.5) is 5.69 Å². The van der Waals surface area contributed by atoms with Gasteiger partial charge in [0.05, 0.1) is 18.1 Å². The molecule has 2 aromatic carbocycles. The largest absolute Gasteiger partial charge is 0.497 e. The van der Waals surface area contributed by atoms with Crippen molar-refractivity contribution in [1.82, 2.24) is 5.32 Å². The molecule has 0 aliphatic rings. The van der Waals surface area contributed by atoms with E-state index in [1.807, 2.05) is 37.3 Å². The number of aliphatic hydroxyl groups is 1. The first-order valence-corrected chi connectivity index (χ1v) is 8.29. The number of benzene rings is 2. The van der Waals surface area contributed by atoms with E-state index in [-0.39, 0.29) is 16.7 Å². The third-order valence-corrected chi connectivity index (χ3v) is 4.20. The number of nitro benzene ring substituents is 1. The smallest absolute Gasteiger partial charge is 0.272 e. The monoisotopic (exact) mass is 344 g/mol. The molecule has 25 heavy (non-hydrogen) atoms. The van der Waals surface area contributed by atoms with Crippen molar-refractivity contribution < 1.29 is 14.8 Å². The number of nitrogens with one attached hydrogen (secondary N) is 1. The molecule has 2 rings (SSSR count). The maximum absolute atomic E-state index is 11.0. The number of hydrogen-bond donors (Lipinski definition) is 2. The molecule has 0 amide bonds. The van der Waals surface area contributed by atoms with E-state index in [2.05, 4.69) is 5.32 Å². The molecule has 0 saturated heterocycles. The maximum Gasteiger partial charge on any atom is 0.272 e. The van der Waals surface area contributed by atoms with Crippen LogP contribution in [0.3, 0.4) is 0 Å². The zero-order valence-corrected chi connectivity index (χ0v) is 14.5. The Hall–Kier alpha value is -2.44. The van der Waals surface area contributed by atoms with E-state index in [9.17, 15) is 15.2 Å². The third kappa shape index (κ3) is 5.55. The molecule has 2 N–H and O–H groups in total. The standard InChI is InChI=1S/C19H24N2O4/c1-14(7-8-15-5-3-4-6-18(15)21(23)24)20-13-19(22)16-9-11-17(25-2)12-10-16/h3-6,9-12,14,19-20,22H,7-8,13H2,1-2H3. The minimum atomic E-state index is -0.612. The van der Waals surface area contributed by atoms with E-state index in [4.69, 9.17) is 4.74 Å². The predicted molar refractivity (Wildman–Crippen MR) is 96.8 cm³/mol. The van der Waals surface area contributed by atoms with Crippen molar-refractivity contribution >= 4 is 5.69 Å². The van der Waals surface area contributed by atoms with Gasteiger partial charge in [-0.25, -0.2) is 0 Å². The number of hydrogen-bond acceptors (Lipinski definition) is 5. The number of nitrogens with zero attached hydrogens (tertiary/aromatic N) is 1. The van der Waals surface area contributed by atoms with Crippen LogP contribution in [-0.2, 0) is 6.42 Å². The van der Waals surface area contributed by atoms with E-state index >= 15 is 0 Å². The second-order valence-electron chi connectivity index (χ2n) is 6.02. The van der Waals surface area contributed by atoms with Crippen LogP contribution in [0, 0.1) is 10.1 Å². The Morgan fingerprint density at radius 3 is 2.52 bits per heavy atom. The SMILES string of the molecule is COc1ccc(C(O)CNC(C)CCc2ccccc2[N+](=O)[O-])cc1. The maximum atomic E-state index is 11.0. The highest BCUT2D eigenvalue weighted by Gasteiger charge is 2.14. The van der Waals surface area contributed by atoms with Gasteiger partial charge in [0.25, 0.3) is 5.69 Å². The number of para-hydroxylation sites is 1. The van der Waals surface area contributed by atoms with Crippen LogP contribution >= 0.6 is 0 Å². The van der Waals surface area contributed by atoms with Gasteiger partial charge in [0, 0.05) is 24.2 Å². The molecule has 2 aromatic rings. The van der Waals surface area contributed by atoms with Crippen molar-refractivity contribution in [3.63, 3.8) is 0 Å². The zero-order valence-electron chi connectivity index (χ0n) is 14.5. The molecule has 2 atom stereocenters. The van der Waals surface area contributed by atoms with Crippen molar-refractivity contribution in [2.75, 3.05) is 13.7 Å². The average Bonchev–Trinajstić information content (AvgIpc) is 2.64. The number of aryl methyl sites for hydroxylation is 1. The molecular formula is C19H24N2O4. The predicted octanol–water partition coefficient (Wildman–Crippen LogP) is 3.25. The van der Waals surface area contributed by atoms with Gasteiger partial charge in [-0.1, -0.05) is 30.3 Å². The second-order valence-corrected chi connectivity index (χ2v) is 6.02. The molecule has 2 unspecified atom stereocenters. The molecule has 0 fully saturated rings. The van der Waals surface area contributed by atoms with Gasteiger partial charge in [-0.2, -0.15) is 0 Å². The second kappa shape index (κ2) is 9.15. The van der Waals surface area contributed by atoms with Gasteiger partial charge >= 0.3 is 0 Å². The fourth-order valence-corrected chi connectivity index (χ4v) is 2.63. The molecule has 0 spiro atoms. The van der Waals surface area contributed by atoms with E-state index in [1.165, 1.54) is 6.07 Å². The molecule has 0 aromatic heterocycles. The lowest BCUT2D eigenvalue weighted by Crippen LogP contribution is -2.30. The van der Waals surface area contributed by atoms with Gasteiger partial charge in [0.1, 0.15) is 5.75 Å². The Bertz CT molecular complexity index is 688. The average molecular weight is 344 g/mol. The Morgan fingerprint density at radius 1 is 1.20 bits per heavy atom. The Morgan fingerprint density at radius 2 is 1.88 bits per heavy atom. The minimum absolute atomic E-state index is 0.132. The lowest BCUT2D eigenvalue weighted by Gasteiger charge is -2.17. The number of methoxy groups -OCH3 is 1. The first kappa shape index (κ1) is 18.9. The van der Waals surface area contributed by atoms with Gasteiger partial charge in [0.2, 0.25) is 0 Å². The molecule has 0 heterocycles. The summed E-state index contributed by atoms with van der Waals surface area (Å²) in [5, 5.41) is 24.6. The lowest BCUT2D eigenvalue weighted by molar-refractivity contribution is -0.385. The van der Waals surface area contributed by atoms with Crippen molar-refractivity contribution in [2.45, 2.75) is 31.9 Å². The molecule has 6 heteroatoms. The van der Waals surface area contributed by atoms with Crippen molar-refractivity contribution in [3.8, 4) is 5.75 Å². The molecule has 0 aliphatic carbocycles. The van der Waals surface area contributed by atoms with Crippen LogP contribution in [0.25, 0.3) is 0 Å². The molecule has 134 valence electrons. The topological polar surface area (TPSA) is 84.6 Å². The molecule has 0 saturated carbocycles. The van der Waals surface area contributed by atoms with E-state index < -0.39 is 6.10 Å². The van der Waals surface area contributed by atoms with Gasteiger partial charge in [-0.05, 0) is 37.5 Å². The van der Waals surface area contributed by atoms with Crippen LogP contribution in [-0.4, -0.2) is 29.7 Å². The van der Waals surface area contributed by atoms with Gasteiger partial charge in [0.15, 0.2) is 0 Å². The Kier molecular flexibility index (Phi) is 6.91. The number of aliphatic hydroxyl groups excluding tert-OH is 1. The summed E-state index contributed by atoms with van der Waals surface area (Å²) in [7, 11) is 1.60. The van der Waals surface area contributed by atoms with Crippen LogP contribution in [0.5, 0.6) is 5.75 Å². The summed E-state index contributed by atoms with van der Waals surface area (Å²) in [6, 6.07) is 14.2. The highest BCUT2D eigenvalue weighted by atomic mass is 16.6. The van der Waals surface area contributed by atoms with Crippen LogP contribution in [0.15, 0.2) is 48.5 Å². The summed E-state index contributed by atoms with van der Waals surface area (Å²) in [6.07, 6.45) is 0.754. The van der Waals surface area contributed by atoms with E-state index in [1.54, 1.807) is 19.2 Å². The number of rotatable bonds is 9. The fraction of sp³-hybridized carbons (Fsp3) is 0.368. The minimum Gasteiger partial charge on any atom is -0.497 e. The highest BCUT2D eigenvalue weighted by molar-refractivity contribution is 5.39. The van der Waals surface area contributed by atoms with Crippen LogP contribution < -0.4 is 10.1 Å². The van der Waals surface area contributed by atoms with Crippen molar-refractivity contribution in [2.24, 2.45) is 0 Å². The van der Waals surface area contributed by atoms with Gasteiger partial charge in [-0.15, -0.1) is 0 Å².